The van der Waals surface area contributed by atoms with E-state index in [9.17, 15) is 14.7 Å². The van der Waals surface area contributed by atoms with E-state index in [-0.39, 0.29) is 23.6 Å². The summed E-state index contributed by atoms with van der Waals surface area (Å²) in [5.74, 6) is 1.32. The number of urea groups is 1. The van der Waals surface area contributed by atoms with E-state index in [1.54, 1.807) is 11.0 Å². The number of carbonyl (C=O) groups is 2. The zero-order valence-corrected chi connectivity index (χ0v) is 23.4. The Morgan fingerprint density at radius 2 is 1.72 bits per heavy atom. The number of aromatic hydroxyl groups is 1. The quantitative estimate of drug-likeness (QED) is 0.507. The van der Waals surface area contributed by atoms with Crippen molar-refractivity contribution in [2.24, 2.45) is 17.6 Å². The van der Waals surface area contributed by atoms with Gasteiger partial charge in [0, 0.05) is 49.2 Å². The van der Waals surface area contributed by atoms with Gasteiger partial charge in [-0.15, -0.1) is 0 Å². The number of hydrogen-bond acceptors (Lipinski definition) is 4. The third kappa shape index (κ3) is 5.14. The molecule has 1 aromatic heterocycles. The number of amides is 3. The van der Waals surface area contributed by atoms with Gasteiger partial charge < -0.3 is 20.6 Å². The fourth-order valence-electron chi connectivity index (χ4n) is 6.24. The van der Waals surface area contributed by atoms with E-state index >= 15 is 0 Å². The van der Waals surface area contributed by atoms with Gasteiger partial charge in [0.25, 0.3) is 0 Å². The average molecular weight is 620 g/mol. The molecule has 1 aromatic carbocycles. The maximum Gasteiger partial charge on any atom is 0.314 e. The number of phenols is 1. The molecule has 1 atom stereocenters. The number of nitrogens with zero attached hydrogens (tertiary/aromatic N) is 3. The molecule has 2 aromatic rings. The van der Waals surface area contributed by atoms with Crippen LogP contribution in [0, 0.1) is 11.8 Å². The van der Waals surface area contributed by atoms with Crippen molar-refractivity contribution in [3.8, 4) is 5.75 Å². The number of primary amides is 1. The molecule has 3 aliphatic rings. The van der Waals surface area contributed by atoms with Gasteiger partial charge in [-0.05, 0) is 111 Å². The highest BCUT2D eigenvalue weighted by Crippen LogP contribution is 2.46. The van der Waals surface area contributed by atoms with Crippen LogP contribution in [-0.2, 0) is 17.6 Å². The highest BCUT2D eigenvalue weighted by atomic mass is 79.9. The molecular weight excluding hydrogens is 588 g/mol. The number of hydrogen-bond donors (Lipinski definition) is 2. The van der Waals surface area contributed by atoms with E-state index in [4.69, 9.17) is 10.7 Å². The normalized spacial score (nSPS) is 21.0. The molecule has 2 fully saturated rings. The molecule has 2 saturated heterocycles. The number of aryl methyl sites for hydroxylation is 1. The predicted octanol–water partition coefficient (Wildman–Crippen LogP) is 4.96. The summed E-state index contributed by atoms with van der Waals surface area (Å²) < 4.78 is 1.77. The second kappa shape index (κ2) is 10.7. The predicted molar refractivity (Wildman–Crippen MR) is 145 cm³/mol. The Hall–Kier alpha value is -2.13. The molecule has 0 spiro atoms. The summed E-state index contributed by atoms with van der Waals surface area (Å²) in [6, 6.07) is 5.65. The lowest BCUT2D eigenvalue weighted by molar-refractivity contribution is -0.134. The Morgan fingerprint density at radius 3 is 2.42 bits per heavy atom. The van der Waals surface area contributed by atoms with Crippen LogP contribution >= 0.6 is 31.9 Å². The number of piperidine rings is 2. The van der Waals surface area contributed by atoms with Gasteiger partial charge in [0.2, 0.25) is 5.91 Å². The zero-order chi connectivity index (χ0) is 25.4. The van der Waals surface area contributed by atoms with E-state index in [1.807, 2.05) is 11.1 Å². The summed E-state index contributed by atoms with van der Waals surface area (Å²) in [4.78, 5) is 33.1. The van der Waals surface area contributed by atoms with E-state index in [2.05, 4.69) is 44.0 Å². The first-order chi connectivity index (χ1) is 17.3. The number of aromatic nitrogens is 1. The minimum Gasteiger partial charge on any atom is -0.507 e. The zero-order valence-electron chi connectivity index (χ0n) is 20.3. The molecule has 0 saturated carbocycles. The SMILES string of the molecule is NC(=O)N1CCC(CC(=O)N2CCC(C3c4ccc(O)c(Br)c4CCc4cc(Br)cnc43)CC2)CC1. The summed E-state index contributed by atoms with van der Waals surface area (Å²) in [5, 5.41) is 10.4. The van der Waals surface area contributed by atoms with Crippen LogP contribution in [0.3, 0.4) is 0 Å². The second-order valence-electron chi connectivity index (χ2n) is 10.3. The van der Waals surface area contributed by atoms with E-state index in [1.165, 1.54) is 11.1 Å². The first-order valence-corrected chi connectivity index (χ1v) is 14.4. The molecule has 2 aliphatic heterocycles. The van der Waals surface area contributed by atoms with Crippen LogP contribution in [0.25, 0.3) is 0 Å². The fourth-order valence-corrected chi connectivity index (χ4v) is 7.18. The van der Waals surface area contributed by atoms with Gasteiger partial charge in [-0.2, -0.15) is 0 Å². The summed E-state index contributed by atoms with van der Waals surface area (Å²) in [5.41, 5.74) is 10.2. The van der Waals surface area contributed by atoms with Crippen LogP contribution in [0.2, 0.25) is 0 Å². The standard InChI is InChI=1S/C27H32Br2N4O3/c28-19-14-18-1-2-21-20(3-4-22(34)25(21)29)24(26(18)31-15-19)17-7-11-32(12-8-17)23(35)13-16-5-9-33(10-6-16)27(30)36/h3-4,14-17,24,34H,1-2,5-13H2,(H2,30,36). The largest absolute Gasteiger partial charge is 0.507 e. The third-order valence-corrected chi connectivity index (χ3v) is 9.57. The highest BCUT2D eigenvalue weighted by Gasteiger charge is 2.36. The lowest BCUT2D eigenvalue weighted by Gasteiger charge is -2.38. The van der Waals surface area contributed by atoms with Crippen LogP contribution in [0.5, 0.6) is 5.75 Å². The van der Waals surface area contributed by atoms with Gasteiger partial charge in [0.05, 0.1) is 10.2 Å². The summed E-state index contributed by atoms with van der Waals surface area (Å²) in [6.07, 6.45) is 7.67. The van der Waals surface area contributed by atoms with Gasteiger partial charge in [-0.25, -0.2) is 4.79 Å². The van der Waals surface area contributed by atoms with E-state index in [0.717, 1.165) is 71.8 Å². The first-order valence-electron chi connectivity index (χ1n) is 12.8. The molecule has 36 heavy (non-hydrogen) atoms. The second-order valence-corrected chi connectivity index (χ2v) is 12.0. The Kier molecular flexibility index (Phi) is 7.58. The number of pyridine rings is 1. The first kappa shape index (κ1) is 25.5. The molecular formula is C27H32Br2N4O3. The molecule has 1 aliphatic carbocycles. The van der Waals surface area contributed by atoms with Crippen LogP contribution in [0.1, 0.15) is 60.4 Å². The Bertz CT molecular complexity index is 1160. The molecule has 3 N–H and O–H groups in total. The molecule has 3 amide bonds. The van der Waals surface area contributed by atoms with Crippen LogP contribution in [0.4, 0.5) is 4.79 Å². The number of phenolic OH excluding ortho intramolecular Hbond substituents is 1. The van der Waals surface area contributed by atoms with Crippen molar-refractivity contribution >= 4 is 43.8 Å². The van der Waals surface area contributed by atoms with Crippen molar-refractivity contribution in [1.82, 2.24) is 14.8 Å². The van der Waals surface area contributed by atoms with Crippen molar-refractivity contribution in [3.05, 3.63) is 55.7 Å². The number of fused-ring (bicyclic) bond motifs is 2. The average Bonchev–Trinajstić information content (AvgIpc) is 3.03. The highest BCUT2D eigenvalue weighted by molar-refractivity contribution is 9.10. The third-order valence-electron chi connectivity index (χ3n) is 8.25. The maximum absolute atomic E-state index is 13.1. The number of carbonyl (C=O) groups excluding carboxylic acids is 2. The van der Waals surface area contributed by atoms with Gasteiger partial charge in [-0.1, -0.05) is 6.07 Å². The van der Waals surface area contributed by atoms with E-state index in [0.29, 0.717) is 31.3 Å². The van der Waals surface area contributed by atoms with Crippen LogP contribution < -0.4 is 5.73 Å². The lowest BCUT2D eigenvalue weighted by atomic mass is 9.76. The summed E-state index contributed by atoms with van der Waals surface area (Å²) >= 11 is 7.22. The van der Waals surface area contributed by atoms with Crippen molar-refractivity contribution < 1.29 is 14.7 Å². The molecule has 1 unspecified atom stereocenters. The molecule has 0 bridgehead atoms. The minimum absolute atomic E-state index is 0.137. The Labute approximate surface area is 228 Å². The Morgan fingerprint density at radius 1 is 1.03 bits per heavy atom. The van der Waals surface area contributed by atoms with Crippen molar-refractivity contribution in [2.75, 3.05) is 26.2 Å². The summed E-state index contributed by atoms with van der Waals surface area (Å²) in [7, 11) is 0. The molecule has 0 radical (unpaired) electrons. The number of nitrogens with two attached hydrogens (primary N) is 1. The van der Waals surface area contributed by atoms with Gasteiger partial charge in [0.15, 0.2) is 0 Å². The molecule has 9 heteroatoms. The molecule has 192 valence electrons. The van der Waals surface area contributed by atoms with Crippen molar-refractivity contribution in [2.45, 2.75) is 50.9 Å². The topological polar surface area (TPSA) is 99.8 Å². The minimum atomic E-state index is -0.368. The Balaban J connectivity index is 1.30. The molecule has 3 heterocycles. The summed E-state index contributed by atoms with van der Waals surface area (Å²) in [6.45, 7) is 2.79. The number of halogens is 2. The number of rotatable bonds is 3. The van der Waals surface area contributed by atoms with Crippen LogP contribution in [-0.4, -0.2) is 58.0 Å². The maximum atomic E-state index is 13.1. The number of benzene rings is 1. The monoisotopic (exact) mass is 618 g/mol. The van der Waals surface area contributed by atoms with Gasteiger partial charge in [0.1, 0.15) is 5.75 Å². The van der Waals surface area contributed by atoms with Gasteiger partial charge >= 0.3 is 6.03 Å². The van der Waals surface area contributed by atoms with Gasteiger partial charge in [-0.3, -0.25) is 9.78 Å². The smallest absolute Gasteiger partial charge is 0.314 e. The lowest BCUT2D eigenvalue weighted by Crippen LogP contribution is -2.44. The molecule has 5 rings (SSSR count). The molecule has 7 nitrogen and oxygen atoms in total. The van der Waals surface area contributed by atoms with E-state index < -0.39 is 0 Å². The van der Waals surface area contributed by atoms with Crippen LogP contribution in [0.15, 0.2) is 33.3 Å². The number of likely N-dealkylation sites (tertiary alicyclic amines) is 2. The van der Waals surface area contributed by atoms with Crippen molar-refractivity contribution in [3.63, 3.8) is 0 Å². The fraction of sp³-hybridized carbons (Fsp3) is 0.519. The van der Waals surface area contributed by atoms with Crippen molar-refractivity contribution in [1.29, 1.82) is 0 Å².